The van der Waals surface area contributed by atoms with Gasteiger partial charge in [0.2, 0.25) is 6.71 Å². The van der Waals surface area contributed by atoms with Gasteiger partial charge in [0, 0.05) is 39.8 Å². The maximum atomic E-state index is 2.73. The average Bonchev–Trinajstić information content (AvgIpc) is 3.13. The Morgan fingerprint density at radius 3 is 2.50 bits per heavy atom. The topological polar surface area (TPSA) is 6.48 Å². The number of anilines is 4. The summed E-state index contributed by atoms with van der Waals surface area (Å²) in [6.07, 6.45) is 13.7. The van der Waals surface area contributed by atoms with Crippen molar-refractivity contribution in [3.63, 3.8) is 0 Å². The fraction of sp³-hybridized carbons (Fsp3) is 0.257. The van der Waals surface area contributed by atoms with E-state index in [0.29, 0.717) is 5.92 Å². The number of para-hydroxylation sites is 2. The summed E-state index contributed by atoms with van der Waals surface area (Å²) in [7, 11) is 0. The van der Waals surface area contributed by atoms with Gasteiger partial charge in [-0.25, -0.2) is 0 Å². The van der Waals surface area contributed by atoms with Gasteiger partial charge in [-0.2, -0.15) is 0 Å². The van der Waals surface area contributed by atoms with Crippen LogP contribution in [0.25, 0.3) is 0 Å². The second kappa shape index (κ2) is 7.44. The van der Waals surface area contributed by atoms with Crippen molar-refractivity contribution in [1.29, 1.82) is 0 Å². The number of fused-ring (bicyclic) bond motifs is 4. The lowest BCUT2D eigenvalue weighted by Crippen LogP contribution is -2.60. The number of benzene rings is 3. The molecule has 38 heavy (non-hydrogen) atoms. The van der Waals surface area contributed by atoms with Gasteiger partial charge in [-0.15, -0.1) is 0 Å². The molecule has 0 bridgehead atoms. The SMILES string of the molecule is CCC1(C)N2c3cccc4c3B(C3=C(C=C5C=CC=CC5C3)N4c3ccccc3)c3cccc(c32)C1(C)C. The second-order valence-electron chi connectivity index (χ2n) is 12.3. The van der Waals surface area contributed by atoms with Gasteiger partial charge < -0.3 is 9.80 Å². The Kier molecular flexibility index (Phi) is 4.36. The van der Waals surface area contributed by atoms with Crippen LogP contribution in [-0.4, -0.2) is 12.3 Å². The monoisotopic (exact) mass is 492 g/mol. The van der Waals surface area contributed by atoms with E-state index in [1.54, 1.807) is 5.47 Å². The molecule has 2 atom stereocenters. The highest BCUT2D eigenvalue weighted by molar-refractivity contribution is 6.95. The Balaban J connectivity index is 1.48. The zero-order valence-corrected chi connectivity index (χ0v) is 22.7. The summed E-state index contributed by atoms with van der Waals surface area (Å²) in [5.74, 6) is 0.442. The second-order valence-corrected chi connectivity index (χ2v) is 12.3. The third-order valence-electron chi connectivity index (χ3n) is 10.5. The molecule has 0 amide bonds. The predicted molar refractivity (Wildman–Crippen MR) is 162 cm³/mol. The van der Waals surface area contributed by atoms with Crippen LogP contribution in [0.2, 0.25) is 0 Å². The Labute approximate surface area is 226 Å². The van der Waals surface area contributed by atoms with Crippen molar-refractivity contribution >= 4 is 40.4 Å². The quantitative estimate of drug-likeness (QED) is 0.349. The van der Waals surface area contributed by atoms with E-state index in [2.05, 4.69) is 135 Å². The molecule has 0 saturated carbocycles. The van der Waals surface area contributed by atoms with Crippen molar-refractivity contribution in [3.05, 3.63) is 119 Å². The Bertz CT molecular complexity index is 1640. The Morgan fingerprint density at radius 1 is 0.895 bits per heavy atom. The molecule has 8 rings (SSSR count). The van der Waals surface area contributed by atoms with Crippen molar-refractivity contribution in [1.82, 2.24) is 0 Å². The van der Waals surface area contributed by atoms with Crippen LogP contribution in [0.4, 0.5) is 22.7 Å². The van der Waals surface area contributed by atoms with Crippen LogP contribution in [0.3, 0.4) is 0 Å². The first-order valence-electron chi connectivity index (χ1n) is 14.2. The van der Waals surface area contributed by atoms with Crippen LogP contribution in [-0.2, 0) is 5.41 Å². The highest BCUT2D eigenvalue weighted by Gasteiger charge is 2.58. The minimum atomic E-state index is -0.00565. The highest BCUT2D eigenvalue weighted by atomic mass is 15.3. The minimum absolute atomic E-state index is 0.00565. The molecule has 3 heteroatoms. The fourth-order valence-corrected chi connectivity index (χ4v) is 8.09. The van der Waals surface area contributed by atoms with Crippen molar-refractivity contribution in [2.24, 2.45) is 5.92 Å². The summed E-state index contributed by atoms with van der Waals surface area (Å²) in [5, 5.41) is 0. The molecule has 3 aliphatic heterocycles. The molecule has 0 aromatic heterocycles. The molecule has 0 N–H and O–H groups in total. The average molecular weight is 492 g/mol. The Morgan fingerprint density at radius 2 is 1.68 bits per heavy atom. The van der Waals surface area contributed by atoms with Crippen molar-refractivity contribution < 1.29 is 0 Å². The third-order valence-corrected chi connectivity index (χ3v) is 10.5. The fourth-order valence-electron chi connectivity index (χ4n) is 8.09. The summed E-state index contributed by atoms with van der Waals surface area (Å²) in [6.45, 7) is 10.0. The molecule has 3 heterocycles. The lowest BCUT2D eigenvalue weighted by atomic mass is 9.31. The number of allylic oxidation sites excluding steroid dienone is 7. The molecule has 2 aliphatic carbocycles. The van der Waals surface area contributed by atoms with E-state index in [1.165, 1.54) is 50.5 Å². The third kappa shape index (κ3) is 2.55. The number of rotatable bonds is 2. The van der Waals surface area contributed by atoms with Gasteiger partial charge in [0.25, 0.3) is 0 Å². The van der Waals surface area contributed by atoms with E-state index >= 15 is 0 Å². The smallest absolute Gasteiger partial charge is 0.247 e. The standard InChI is InChI=1S/C35H33BN2/c1-5-35(4)34(2,3)26-17-11-18-27-33(26)38(35)30-20-12-19-29-32(30)36(27)28-21-23-13-9-10-14-24(23)22-31(28)37(29)25-15-7-6-8-16-25/h6-20,22-23H,5,21H2,1-4H3. The summed E-state index contributed by atoms with van der Waals surface area (Å²) in [4.78, 5) is 5.27. The van der Waals surface area contributed by atoms with Crippen LogP contribution >= 0.6 is 0 Å². The van der Waals surface area contributed by atoms with Gasteiger partial charge in [0.15, 0.2) is 0 Å². The molecule has 3 aromatic rings. The molecule has 186 valence electrons. The van der Waals surface area contributed by atoms with Gasteiger partial charge in [-0.05, 0) is 72.2 Å². The number of hydrogen-bond donors (Lipinski definition) is 0. The van der Waals surface area contributed by atoms with Crippen LogP contribution in [0.15, 0.2) is 114 Å². The van der Waals surface area contributed by atoms with E-state index in [0.717, 1.165) is 12.8 Å². The molecular formula is C35H33BN2. The summed E-state index contributed by atoms with van der Waals surface area (Å²) in [6, 6.07) is 25.1. The molecule has 2 unspecified atom stereocenters. The van der Waals surface area contributed by atoms with E-state index in [-0.39, 0.29) is 17.7 Å². The van der Waals surface area contributed by atoms with E-state index in [9.17, 15) is 0 Å². The molecular weight excluding hydrogens is 459 g/mol. The largest absolute Gasteiger partial charge is 0.335 e. The molecule has 5 aliphatic rings. The van der Waals surface area contributed by atoms with Crippen LogP contribution in [0.5, 0.6) is 0 Å². The van der Waals surface area contributed by atoms with Gasteiger partial charge >= 0.3 is 0 Å². The van der Waals surface area contributed by atoms with E-state index < -0.39 is 0 Å². The lowest BCUT2D eigenvalue weighted by molar-refractivity contribution is 0.293. The molecule has 0 spiro atoms. The first-order chi connectivity index (χ1) is 18.5. The van der Waals surface area contributed by atoms with Crippen molar-refractivity contribution in [2.75, 3.05) is 9.80 Å². The van der Waals surface area contributed by atoms with Gasteiger partial charge in [0.1, 0.15) is 0 Å². The van der Waals surface area contributed by atoms with Gasteiger partial charge in [-0.3, -0.25) is 0 Å². The molecule has 2 nitrogen and oxygen atoms in total. The molecule has 0 radical (unpaired) electrons. The van der Waals surface area contributed by atoms with Crippen LogP contribution < -0.4 is 20.7 Å². The summed E-state index contributed by atoms with van der Waals surface area (Å²) < 4.78 is 0. The van der Waals surface area contributed by atoms with Gasteiger partial charge in [0.05, 0.1) is 5.54 Å². The number of nitrogens with zero attached hydrogens (tertiary/aromatic N) is 2. The maximum Gasteiger partial charge on any atom is 0.247 e. The van der Waals surface area contributed by atoms with E-state index in [1.807, 2.05) is 0 Å². The van der Waals surface area contributed by atoms with Crippen molar-refractivity contribution in [2.45, 2.75) is 51.5 Å². The van der Waals surface area contributed by atoms with Gasteiger partial charge in [-0.1, -0.05) is 93.0 Å². The Hall–Kier alpha value is -3.72. The zero-order valence-electron chi connectivity index (χ0n) is 22.7. The minimum Gasteiger partial charge on any atom is -0.335 e. The first-order valence-corrected chi connectivity index (χ1v) is 14.2. The summed E-state index contributed by atoms with van der Waals surface area (Å²) >= 11 is 0. The van der Waals surface area contributed by atoms with Crippen molar-refractivity contribution in [3.8, 4) is 0 Å². The van der Waals surface area contributed by atoms with Crippen LogP contribution in [0.1, 0.15) is 46.1 Å². The zero-order chi connectivity index (χ0) is 25.8. The molecule has 0 fully saturated rings. The maximum absolute atomic E-state index is 2.73. The first kappa shape index (κ1) is 22.3. The lowest BCUT2D eigenvalue weighted by Gasteiger charge is -2.50. The number of hydrogen-bond acceptors (Lipinski definition) is 2. The molecule has 3 aromatic carbocycles. The predicted octanol–water partition coefficient (Wildman–Crippen LogP) is 7.22. The van der Waals surface area contributed by atoms with Crippen LogP contribution in [0, 0.1) is 5.92 Å². The molecule has 0 saturated heterocycles. The normalized spacial score (nSPS) is 25.1. The van der Waals surface area contributed by atoms with E-state index in [4.69, 9.17) is 0 Å². The summed E-state index contributed by atoms with van der Waals surface area (Å²) in [5.41, 5.74) is 14.2. The highest BCUT2D eigenvalue weighted by Crippen LogP contribution is 2.58.